The molecule has 3 aromatic carbocycles. The van der Waals surface area contributed by atoms with Gasteiger partial charge in [0.2, 0.25) is 26.6 Å². The summed E-state index contributed by atoms with van der Waals surface area (Å²) in [5.74, 6) is 0.273. The highest BCUT2D eigenvalue weighted by Crippen LogP contribution is 2.33. The Morgan fingerprint density at radius 3 is 2.29 bits per heavy atom. The number of oxazole rings is 1. The van der Waals surface area contributed by atoms with Crippen molar-refractivity contribution in [2.75, 3.05) is 12.4 Å². The predicted molar refractivity (Wildman–Crippen MR) is 114 cm³/mol. The normalized spacial score (nSPS) is 11.3. The van der Waals surface area contributed by atoms with Crippen molar-refractivity contribution in [2.45, 2.75) is 16.5 Å². The van der Waals surface area contributed by atoms with E-state index in [-0.39, 0.29) is 21.7 Å². The first kappa shape index (κ1) is 20.6. The summed E-state index contributed by atoms with van der Waals surface area (Å²) in [5.41, 5.74) is 1.53. The van der Waals surface area contributed by atoms with E-state index in [1.54, 1.807) is 31.4 Å². The van der Waals surface area contributed by atoms with Gasteiger partial charge in [0.1, 0.15) is 11.6 Å². The second-order valence-electron chi connectivity index (χ2n) is 6.68. The molecule has 6 nitrogen and oxygen atoms in total. The van der Waals surface area contributed by atoms with Gasteiger partial charge >= 0.3 is 0 Å². The number of ether oxygens (including phenoxy) is 1. The van der Waals surface area contributed by atoms with Crippen molar-refractivity contribution in [2.24, 2.45) is 0 Å². The fraction of sp³-hybridized carbons (Fsp3) is 0.0870. The van der Waals surface area contributed by atoms with E-state index in [9.17, 15) is 12.8 Å². The van der Waals surface area contributed by atoms with Gasteiger partial charge in [-0.3, -0.25) is 0 Å². The molecule has 31 heavy (non-hydrogen) atoms. The molecule has 1 heterocycles. The van der Waals surface area contributed by atoms with Crippen molar-refractivity contribution < 1.29 is 22.0 Å². The molecule has 0 aliphatic carbocycles. The maximum Gasteiger partial charge on any atom is 0.234 e. The van der Waals surface area contributed by atoms with Crippen molar-refractivity contribution in [3.05, 3.63) is 90.2 Å². The zero-order valence-electron chi connectivity index (χ0n) is 16.6. The predicted octanol–water partition coefficient (Wildman–Crippen LogP) is 4.93. The van der Waals surface area contributed by atoms with Crippen molar-refractivity contribution in [1.82, 2.24) is 4.98 Å². The summed E-state index contributed by atoms with van der Waals surface area (Å²) in [6.45, 7) is 0.337. The van der Waals surface area contributed by atoms with Crippen LogP contribution >= 0.6 is 0 Å². The van der Waals surface area contributed by atoms with E-state index in [0.717, 1.165) is 17.7 Å². The molecule has 0 radical (unpaired) electrons. The summed E-state index contributed by atoms with van der Waals surface area (Å²) < 4.78 is 50.7. The first-order chi connectivity index (χ1) is 15.0. The average molecular weight is 438 g/mol. The van der Waals surface area contributed by atoms with Crippen LogP contribution in [-0.2, 0) is 16.4 Å². The molecule has 0 spiro atoms. The standard InChI is InChI=1S/C23H19FN2O4S/c1-29-19-11-7-17(8-12-19)21-26-23(31(27,28)20-13-9-18(24)10-14-20)22(30-21)25-15-16-5-3-2-4-6-16/h2-14,25H,15H2,1H3. The molecule has 0 atom stereocenters. The molecule has 4 rings (SSSR count). The first-order valence-corrected chi connectivity index (χ1v) is 10.9. The summed E-state index contributed by atoms with van der Waals surface area (Å²) in [5, 5.41) is 2.76. The monoisotopic (exact) mass is 438 g/mol. The van der Waals surface area contributed by atoms with Gasteiger partial charge in [-0.2, -0.15) is 4.98 Å². The van der Waals surface area contributed by atoms with Crippen LogP contribution in [0.3, 0.4) is 0 Å². The third-order valence-electron chi connectivity index (χ3n) is 4.61. The maximum atomic E-state index is 13.3. The summed E-state index contributed by atoms with van der Waals surface area (Å²) in [7, 11) is -2.49. The van der Waals surface area contributed by atoms with E-state index in [1.165, 1.54) is 12.1 Å². The minimum absolute atomic E-state index is 0.0130. The Kier molecular flexibility index (Phi) is 5.73. The minimum Gasteiger partial charge on any atom is -0.497 e. The molecule has 158 valence electrons. The lowest BCUT2D eigenvalue weighted by atomic mass is 10.2. The molecule has 1 aromatic heterocycles. The van der Waals surface area contributed by atoms with E-state index in [0.29, 0.717) is 17.9 Å². The fourth-order valence-electron chi connectivity index (χ4n) is 2.96. The molecule has 0 saturated carbocycles. The van der Waals surface area contributed by atoms with Crippen LogP contribution in [0.15, 0.2) is 93.2 Å². The third-order valence-corrected chi connectivity index (χ3v) is 6.29. The highest BCUT2D eigenvalue weighted by Gasteiger charge is 2.28. The Bertz CT molecular complexity index is 1270. The number of anilines is 1. The molecular weight excluding hydrogens is 419 g/mol. The SMILES string of the molecule is COc1ccc(-c2nc(S(=O)(=O)c3ccc(F)cc3)c(NCc3ccccc3)o2)cc1. The largest absolute Gasteiger partial charge is 0.497 e. The number of rotatable bonds is 7. The molecular formula is C23H19FN2O4S. The fourth-order valence-corrected chi connectivity index (χ4v) is 4.24. The van der Waals surface area contributed by atoms with Crippen LogP contribution < -0.4 is 10.1 Å². The molecule has 1 N–H and O–H groups in total. The number of halogens is 1. The quantitative estimate of drug-likeness (QED) is 0.412. The lowest BCUT2D eigenvalue weighted by Gasteiger charge is -2.06. The molecule has 0 amide bonds. The van der Waals surface area contributed by atoms with Gasteiger partial charge in [0.25, 0.3) is 0 Å². The molecule has 4 aromatic rings. The Morgan fingerprint density at radius 2 is 1.65 bits per heavy atom. The van der Waals surface area contributed by atoms with Crippen LogP contribution in [0.5, 0.6) is 5.75 Å². The number of nitrogens with one attached hydrogen (secondary N) is 1. The first-order valence-electron chi connectivity index (χ1n) is 9.41. The number of nitrogens with zero attached hydrogens (tertiary/aromatic N) is 1. The van der Waals surface area contributed by atoms with Crippen LogP contribution in [0, 0.1) is 5.82 Å². The smallest absolute Gasteiger partial charge is 0.234 e. The van der Waals surface area contributed by atoms with Gasteiger partial charge < -0.3 is 14.5 Å². The number of sulfone groups is 1. The molecule has 0 bridgehead atoms. The molecule has 0 aliphatic rings. The van der Waals surface area contributed by atoms with Crippen LogP contribution in [0.25, 0.3) is 11.5 Å². The van der Waals surface area contributed by atoms with Gasteiger partial charge in [0.05, 0.1) is 12.0 Å². The zero-order chi connectivity index (χ0) is 21.8. The lowest BCUT2D eigenvalue weighted by Crippen LogP contribution is -2.07. The molecule has 0 unspecified atom stereocenters. The van der Waals surface area contributed by atoms with Crippen molar-refractivity contribution in [3.63, 3.8) is 0 Å². The van der Waals surface area contributed by atoms with Crippen LogP contribution in [0.4, 0.5) is 10.3 Å². The summed E-state index contributed by atoms with van der Waals surface area (Å²) in [6, 6.07) is 21.0. The van der Waals surface area contributed by atoms with Crippen molar-refractivity contribution in [3.8, 4) is 17.2 Å². The summed E-state index contributed by atoms with van der Waals surface area (Å²) >= 11 is 0. The van der Waals surface area contributed by atoms with Gasteiger partial charge in [0, 0.05) is 12.1 Å². The molecule has 8 heteroatoms. The number of benzene rings is 3. The third kappa shape index (κ3) is 4.44. The second-order valence-corrected chi connectivity index (χ2v) is 8.54. The highest BCUT2D eigenvalue weighted by molar-refractivity contribution is 7.91. The zero-order valence-corrected chi connectivity index (χ0v) is 17.4. The van der Waals surface area contributed by atoms with Crippen LogP contribution in [0.1, 0.15) is 5.56 Å². The van der Waals surface area contributed by atoms with Crippen molar-refractivity contribution in [1.29, 1.82) is 0 Å². The molecule has 0 aliphatic heterocycles. The Hall–Kier alpha value is -3.65. The number of hydrogen-bond acceptors (Lipinski definition) is 6. The molecule has 0 fully saturated rings. The topological polar surface area (TPSA) is 81.4 Å². The maximum absolute atomic E-state index is 13.3. The Morgan fingerprint density at radius 1 is 0.968 bits per heavy atom. The van der Waals surface area contributed by atoms with Gasteiger partial charge in [-0.1, -0.05) is 30.3 Å². The van der Waals surface area contributed by atoms with Crippen LogP contribution in [0.2, 0.25) is 0 Å². The lowest BCUT2D eigenvalue weighted by molar-refractivity contribution is 0.415. The summed E-state index contributed by atoms with van der Waals surface area (Å²) in [4.78, 5) is 4.19. The second kappa shape index (κ2) is 8.61. The minimum atomic E-state index is -4.05. The van der Waals surface area contributed by atoms with Crippen LogP contribution in [-0.4, -0.2) is 20.5 Å². The van der Waals surface area contributed by atoms with E-state index >= 15 is 0 Å². The van der Waals surface area contributed by atoms with Gasteiger partial charge in [-0.05, 0) is 54.1 Å². The van der Waals surface area contributed by atoms with Gasteiger partial charge in [-0.25, -0.2) is 12.8 Å². The Labute approximate surface area is 179 Å². The number of aromatic nitrogens is 1. The summed E-state index contributed by atoms with van der Waals surface area (Å²) in [6.07, 6.45) is 0. The number of methoxy groups -OCH3 is 1. The highest BCUT2D eigenvalue weighted by atomic mass is 32.2. The van der Waals surface area contributed by atoms with Crippen molar-refractivity contribution >= 4 is 15.7 Å². The van der Waals surface area contributed by atoms with E-state index in [2.05, 4.69) is 10.3 Å². The van der Waals surface area contributed by atoms with E-state index in [4.69, 9.17) is 9.15 Å². The van der Waals surface area contributed by atoms with Gasteiger partial charge in [-0.15, -0.1) is 0 Å². The number of hydrogen-bond donors (Lipinski definition) is 1. The Balaban J connectivity index is 1.75. The molecule has 0 saturated heterocycles. The van der Waals surface area contributed by atoms with E-state index < -0.39 is 15.7 Å². The average Bonchev–Trinajstić information content (AvgIpc) is 3.24. The van der Waals surface area contributed by atoms with E-state index in [1.807, 2.05) is 30.3 Å². The van der Waals surface area contributed by atoms with Gasteiger partial charge in [0.15, 0.2) is 0 Å².